The molecular weight excluding hydrogens is 308 g/mol. The number of carbonyl (C=O) groups is 2. The number of likely N-dealkylation sites (tertiary alicyclic amines) is 2. The van der Waals surface area contributed by atoms with E-state index in [1.54, 1.807) is 7.11 Å². The first-order valence-corrected chi connectivity index (χ1v) is 9.14. The van der Waals surface area contributed by atoms with E-state index in [1.165, 1.54) is 0 Å². The summed E-state index contributed by atoms with van der Waals surface area (Å²) in [7, 11) is 1.70. The molecule has 2 aliphatic heterocycles. The second-order valence-corrected chi connectivity index (χ2v) is 7.34. The van der Waals surface area contributed by atoms with E-state index in [9.17, 15) is 9.59 Å². The van der Waals surface area contributed by atoms with Gasteiger partial charge in [0.2, 0.25) is 11.8 Å². The molecule has 0 bridgehead atoms. The Kier molecular flexibility index (Phi) is 7.04. The normalized spacial score (nSPS) is 25.5. The number of amides is 2. The summed E-state index contributed by atoms with van der Waals surface area (Å²) in [6.07, 6.45) is 2.83. The third-order valence-electron chi connectivity index (χ3n) is 5.07. The van der Waals surface area contributed by atoms with Crippen LogP contribution in [0.2, 0.25) is 0 Å². The third-order valence-corrected chi connectivity index (χ3v) is 5.07. The largest absolute Gasteiger partial charge is 0.380 e. The van der Waals surface area contributed by atoms with Crippen LogP contribution in [-0.2, 0) is 19.1 Å². The van der Waals surface area contributed by atoms with Crippen LogP contribution in [-0.4, -0.2) is 73.7 Å². The Balaban J connectivity index is 1.65. The van der Waals surface area contributed by atoms with E-state index in [1.807, 2.05) is 30.6 Å². The lowest BCUT2D eigenvalue weighted by molar-refractivity contribution is -0.135. The monoisotopic (exact) mass is 340 g/mol. The first kappa shape index (κ1) is 19.2. The van der Waals surface area contributed by atoms with Crippen LogP contribution < -0.4 is 0 Å². The maximum Gasteiger partial charge on any atom is 0.225 e. The number of carbonyl (C=O) groups excluding carboxylic acids is 2. The van der Waals surface area contributed by atoms with Crippen molar-refractivity contribution in [3.05, 3.63) is 0 Å². The Labute approximate surface area is 145 Å². The van der Waals surface area contributed by atoms with Gasteiger partial charge in [0.1, 0.15) is 0 Å². The zero-order valence-electron chi connectivity index (χ0n) is 15.5. The molecule has 0 spiro atoms. The van der Waals surface area contributed by atoms with E-state index in [0.717, 1.165) is 32.4 Å². The second kappa shape index (κ2) is 8.81. The fourth-order valence-corrected chi connectivity index (χ4v) is 3.40. The molecule has 0 aromatic rings. The number of hydrogen-bond acceptors (Lipinski definition) is 4. The van der Waals surface area contributed by atoms with E-state index in [0.29, 0.717) is 19.7 Å². The van der Waals surface area contributed by atoms with Crippen LogP contribution in [0.5, 0.6) is 0 Å². The van der Waals surface area contributed by atoms with Gasteiger partial charge >= 0.3 is 0 Å². The summed E-state index contributed by atoms with van der Waals surface area (Å²) in [6, 6.07) is 0. The molecule has 2 fully saturated rings. The molecule has 2 amide bonds. The fraction of sp³-hybridized carbons (Fsp3) is 0.889. The molecule has 6 nitrogen and oxygen atoms in total. The van der Waals surface area contributed by atoms with Gasteiger partial charge in [-0.2, -0.15) is 0 Å². The number of ether oxygens (including phenoxy) is 2. The quantitative estimate of drug-likeness (QED) is 0.705. The predicted molar refractivity (Wildman–Crippen MR) is 91.6 cm³/mol. The van der Waals surface area contributed by atoms with Crippen molar-refractivity contribution < 1.29 is 19.1 Å². The fourth-order valence-electron chi connectivity index (χ4n) is 3.40. The molecule has 0 radical (unpaired) electrons. The first-order valence-electron chi connectivity index (χ1n) is 9.14. The van der Waals surface area contributed by atoms with Gasteiger partial charge in [0.15, 0.2) is 0 Å². The SMILES string of the molecule is CO[C@H]1CCN(C(=O)C(C)CCO[C@@H]2CCN(C(=O)C(C)C)C2)C1. The first-order chi connectivity index (χ1) is 11.4. The molecule has 0 aliphatic carbocycles. The van der Waals surface area contributed by atoms with Crippen LogP contribution in [0, 0.1) is 11.8 Å². The Morgan fingerprint density at radius 2 is 1.58 bits per heavy atom. The molecule has 3 atom stereocenters. The van der Waals surface area contributed by atoms with Crippen molar-refractivity contribution in [2.45, 2.75) is 52.2 Å². The van der Waals surface area contributed by atoms with Crippen molar-refractivity contribution in [2.75, 3.05) is 39.9 Å². The molecule has 2 aliphatic rings. The van der Waals surface area contributed by atoms with Crippen LogP contribution >= 0.6 is 0 Å². The minimum atomic E-state index is -0.0320. The highest BCUT2D eigenvalue weighted by molar-refractivity contribution is 5.79. The van der Waals surface area contributed by atoms with Crippen molar-refractivity contribution in [2.24, 2.45) is 11.8 Å². The molecule has 1 unspecified atom stereocenters. The van der Waals surface area contributed by atoms with Crippen LogP contribution in [0.25, 0.3) is 0 Å². The van der Waals surface area contributed by atoms with Crippen molar-refractivity contribution in [1.82, 2.24) is 9.80 Å². The van der Waals surface area contributed by atoms with Crippen LogP contribution in [0.4, 0.5) is 0 Å². The number of hydrogen-bond donors (Lipinski definition) is 0. The van der Waals surface area contributed by atoms with Crippen molar-refractivity contribution in [3.63, 3.8) is 0 Å². The zero-order valence-corrected chi connectivity index (χ0v) is 15.5. The van der Waals surface area contributed by atoms with Gasteiger partial charge in [0, 0.05) is 51.7 Å². The maximum absolute atomic E-state index is 12.4. The lowest BCUT2D eigenvalue weighted by atomic mass is 10.1. The Bertz CT molecular complexity index is 441. The smallest absolute Gasteiger partial charge is 0.225 e. The van der Waals surface area contributed by atoms with Gasteiger partial charge in [-0.25, -0.2) is 0 Å². The topological polar surface area (TPSA) is 59.1 Å². The molecule has 2 saturated heterocycles. The molecule has 24 heavy (non-hydrogen) atoms. The summed E-state index contributed by atoms with van der Waals surface area (Å²) < 4.78 is 11.2. The second-order valence-electron chi connectivity index (χ2n) is 7.34. The van der Waals surface area contributed by atoms with Crippen molar-refractivity contribution in [1.29, 1.82) is 0 Å². The van der Waals surface area contributed by atoms with Gasteiger partial charge in [-0.15, -0.1) is 0 Å². The highest BCUT2D eigenvalue weighted by Gasteiger charge is 2.30. The number of methoxy groups -OCH3 is 1. The molecule has 0 aromatic heterocycles. The van der Waals surface area contributed by atoms with Crippen LogP contribution in [0.1, 0.15) is 40.0 Å². The molecule has 2 heterocycles. The van der Waals surface area contributed by atoms with Crippen LogP contribution in [0.15, 0.2) is 0 Å². The standard InChI is InChI=1S/C18H32N2O4/c1-13(2)17(21)19-9-6-16(12-19)24-10-7-14(3)18(22)20-8-5-15(11-20)23-4/h13-16H,5-12H2,1-4H3/t14?,15-,16+/m0/s1. The van der Waals surface area contributed by atoms with Gasteiger partial charge in [0.25, 0.3) is 0 Å². The lowest BCUT2D eigenvalue weighted by Gasteiger charge is -2.22. The van der Waals surface area contributed by atoms with E-state index < -0.39 is 0 Å². The Morgan fingerprint density at radius 3 is 2.17 bits per heavy atom. The molecule has 0 aromatic carbocycles. The highest BCUT2D eigenvalue weighted by atomic mass is 16.5. The molecular formula is C18H32N2O4. The van der Waals surface area contributed by atoms with E-state index in [4.69, 9.17) is 9.47 Å². The minimum Gasteiger partial charge on any atom is -0.380 e. The van der Waals surface area contributed by atoms with Gasteiger partial charge < -0.3 is 19.3 Å². The van der Waals surface area contributed by atoms with E-state index in [-0.39, 0.29) is 35.9 Å². The summed E-state index contributed by atoms with van der Waals surface area (Å²) in [5.41, 5.74) is 0. The summed E-state index contributed by atoms with van der Waals surface area (Å²) >= 11 is 0. The van der Waals surface area contributed by atoms with E-state index in [2.05, 4.69) is 0 Å². The average molecular weight is 340 g/mol. The molecule has 138 valence electrons. The number of nitrogens with zero attached hydrogens (tertiary/aromatic N) is 2. The maximum atomic E-state index is 12.4. The Hall–Kier alpha value is -1.14. The molecule has 0 N–H and O–H groups in total. The van der Waals surface area contributed by atoms with Gasteiger partial charge in [-0.1, -0.05) is 20.8 Å². The Morgan fingerprint density at radius 1 is 1.00 bits per heavy atom. The summed E-state index contributed by atoms with van der Waals surface area (Å²) in [5.74, 6) is 0.403. The highest BCUT2D eigenvalue weighted by Crippen LogP contribution is 2.19. The molecule has 6 heteroatoms. The van der Waals surface area contributed by atoms with Gasteiger partial charge in [-0.05, 0) is 19.3 Å². The summed E-state index contributed by atoms with van der Waals surface area (Å²) in [5, 5.41) is 0. The molecule has 0 saturated carbocycles. The molecule has 2 rings (SSSR count). The van der Waals surface area contributed by atoms with Gasteiger partial charge in [-0.3, -0.25) is 9.59 Å². The lowest BCUT2D eigenvalue weighted by Crippen LogP contribution is -2.35. The number of rotatable bonds is 7. The van der Waals surface area contributed by atoms with E-state index >= 15 is 0 Å². The summed E-state index contributed by atoms with van der Waals surface area (Å²) in [6.45, 7) is 9.35. The summed E-state index contributed by atoms with van der Waals surface area (Å²) in [4.78, 5) is 28.2. The predicted octanol–water partition coefficient (Wildman–Crippen LogP) is 1.53. The minimum absolute atomic E-state index is 0.0320. The van der Waals surface area contributed by atoms with Gasteiger partial charge in [0.05, 0.1) is 12.2 Å². The zero-order chi connectivity index (χ0) is 17.7. The third kappa shape index (κ3) is 4.93. The average Bonchev–Trinajstić information content (AvgIpc) is 3.22. The van der Waals surface area contributed by atoms with Crippen LogP contribution in [0.3, 0.4) is 0 Å². The van der Waals surface area contributed by atoms with Crippen molar-refractivity contribution in [3.8, 4) is 0 Å². The van der Waals surface area contributed by atoms with Crippen molar-refractivity contribution >= 4 is 11.8 Å².